The number of rotatable bonds is 7. The third-order valence-corrected chi connectivity index (χ3v) is 6.77. The topological polar surface area (TPSA) is 78.4 Å². The summed E-state index contributed by atoms with van der Waals surface area (Å²) in [6.07, 6.45) is 3.62. The lowest BCUT2D eigenvalue weighted by atomic mass is 9.86. The number of hydrogen-bond donors (Lipinski definition) is 2. The number of nitrogens with zero attached hydrogens (tertiary/aromatic N) is 3. The molecule has 0 radical (unpaired) electrons. The molecule has 2 aromatic carbocycles. The molecule has 0 spiro atoms. The Morgan fingerprint density at radius 3 is 2.55 bits per heavy atom. The Hall–Kier alpha value is -2.78. The standard InChI is InChI=1S/C24H26F2N4O2S/c1-23(25,26)9-10-24(32)11-15-30(16-12-24)22(31)17-5-7-18(8-6-17)29-33-20-4-2-3-19-21(20)28-14-13-27-19/h2-8,13-14,29,32H,9-12,15-16H2,1H3. The zero-order valence-corrected chi connectivity index (χ0v) is 19.1. The summed E-state index contributed by atoms with van der Waals surface area (Å²) in [7, 11) is 0. The monoisotopic (exact) mass is 472 g/mol. The molecule has 0 saturated carbocycles. The number of piperidine rings is 1. The van der Waals surface area contributed by atoms with Gasteiger partial charge in [0.15, 0.2) is 0 Å². The minimum absolute atomic E-state index is 0.0405. The van der Waals surface area contributed by atoms with Crippen molar-refractivity contribution in [3.05, 3.63) is 60.4 Å². The molecule has 4 rings (SSSR count). The first-order valence-corrected chi connectivity index (χ1v) is 11.7. The smallest absolute Gasteiger partial charge is 0.253 e. The van der Waals surface area contributed by atoms with E-state index in [0.29, 0.717) is 31.5 Å². The number of benzene rings is 2. The highest BCUT2D eigenvalue weighted by Crippen LogP contribution is 2.32. The van der Waals surface area contributed by atoms with Gasteiger partial charge in [-0.25, -0.2) is 8.78 Å². The molecule has 0 atom stereocenters. The van der Waals surface area contributed by atoms with E-state index in [9.17, 15) is 18.7 Å². The Balaban J connectivity index is 1.32. The van der Waals surface area contributed by atoms with Crippen LogP contribution in [0.25, 0.3) is 11.0 Å². The zero-order valence-electron chi connectivity index (χ0n) is 18.3. The number of likely N-dealkylation sites (tertiary alicyclic amines) is 1. The summed E-state index contributed by atoms with van der Waals surface area (Å²) in [5.41, 5.74) is 1.89. The van der Waals surface area contributed by atoms with Crippen LogP contribution in [0, 0.1) is 0 Å². The number of aromatic nitrogens is 2. The summed E-state index contributed by atoms with van der Waals surface area (Å²) in [4.78, 5) is 24.2. The van der Waals surface area contributed by atoms with Gasteiger partial charge in [-0.2, -0.15) is 0 Å². The van der Waals surface area contributed by atoms with Gasteiger partial charge in [0, 0.05) is 43.2 Å². The van der Waals surface area contributed by atoms with Crippen LogP contribution in [0.1, 0.15) is 43.0 Å². The number of fused-ring (bicyclic) bond motifs is 1. The van der Waals surface area contributed by atoms with Gasteiger partial charge in [-0.05, 0) is 74.5 Å². The van der Waals surface area contributed by atoms with Gasteiger partial charge in [-0.1, -0.05) is 6.07 Å². The maximum atomic E-state index is 13.1. The molecule has 3 aromatic rings. The highest BCUT2D eigenvalue weighted by Gasteiger charge is 2.36. The van der Waals surface area contributed by atoms with Crippen LogP contribution in [0.15, 0.2) is 59.8 Å². The first kappa shape index (κ1) is 23.4. The van der Waals surface area contributed by atoms with Gasteiger partial charge >= 0.3 is 0 Å². The number of amides is 1. The molecule has 9 heteroatoms. The van der Waals surface area contributed by atoms with E-state index in [1.165, 1.54) is 11.9 Å². The van der Waals surface area contributed by atoms with Crippen molar-refractivity contribution in [1.29, 1.82) is 0 Å². The molecule has 6 nitrogen and oxygen atoms in total. The number of anilines is 1. The van der Waals surface area contributed by atoms with Crippen LogP contribution < -0.4 is 4.72 Å². The summed E-state index contributed by atoms with van der Waals surface area (Å²) < 4.78 is 29.5. The van der Waals surface area contributed by atoms with Crippen molar-refractivity contribution in [3.63, 3.8) is 0 Å². The second-order valence-corrected chi connectivity index (χ2v) is 9.40. The van der Waals surface area contributed by atoms with Crippen LogP contribution in [0.3, 0.4) is 0 Å². The quantitative estimate of drug-likeness (QED) is 0.463. The molecule has 1 amide bonds. The minimum atomic E-state index is -2.79. The van der Waals surface area contributed by atoms with Gasteiger partial charge in [-0.15, -0.1) is 0 Å². The number of hydrogen-bond acceptors (Lipinski definition) is 6. The molecule has 1 fully saturated rings. The van der Waals surface area contributed by atoms with E-state index >= 15 is 0 Å². The molecule has 1 aliphatic heterocycles. The Labute approximate surface area is 195 Å². The number of halogens is 2. The predicted molar refractivity (Wildman–Crippen MR) is 125 cm³/mol. The predicted octanol–water partition coefficient (Wildman–Crippen LogP) is 5.15. The number of aliphatic hydroxyl groups is 1. The van der Waals surface area contributed by atoms with Gasteiger partial charge in [0.1, 0.15) is 5.52 Å². The van der Waals surface area contributed by atoms with Gasteiger partial charge < -0.3 is 14.7 Å². The van der Waals surface area contributed by atoms with Gasteiger partial charge in [0.2, 0.25) is 5.92 Å². The normalized spacial score (nSPS) is 16.1. The summed E-state index contributed by atoms with van der Waals surface area (Å²) in [6.45, 7) is 1.56. The number of carbonyl (C=O) groups excluding carboxylic acids is 1. The molecule has 0 aliphatic carbocycles. The fourth-order valence-electron chi connectivity index (χ4n) is 3.85. The zero-order chi connectivity index (χ0) is 23.5. The third-order valence-electron chi connectivity index (χ3n) is 5.88. The summed E-state index contributed by atoms with van der Waals surface area (Å²) in [6, 6.07) is 13.0. The average molecular weight is 473 g/mol. The molecular weight excluding hydrogens is 446 g/mol. The molecule has 1 aromatic heterocycles. The van der Waals surface area contributed by atoms with E-state index in [-0.39, 0.29) is 18.7 Å². The Morgan fingerprint density at radius 2 is 1.85 bits per heavy atom. The van der Waals surface area contributed by atoms with E-state index < -0.39 is 11.5 Å². The van der Waals surface area contributed by atoms with Gasteiger partial charge in [-0.3, -0.25) is 14.8 Å². The summed E-state index contributed by atoms with van der Waals surface area (Å²) in [5.74, 6) is -2.92. The second-order valence-electron chi connectivity index (χ2n) is 8.55. The fraction of sp³-hybridized carbons (Fsp3) is 0.375. The number of para-hydroxylation sites is 1. The molecular formula is C24H26F2N4O2S. The van der Waals surface area contributed by atoms with Gasteiger partial charge in [0.25, 0.3) is 5.91 Å². The molecule has 174 valence electrons. The van der Waals surface area contributed by atoms with Crippen LogP contribution in [0.2, 0.25) is 0 Å². The molecule has 1 aliphatic rings. The number of carbonyl (C=O) groups is 1. The number of alkyl halides is 2. The van der Waals surface area contributed by atoms with Crippen molar-refractivity contribution >= 4 is 34.6 Å². The SMILES string of the molecule is CC(F)(F)CCC1(O)CCN(C(=O)c2ccc(NSc3cccc4nccnc34)cc2)CC1. The summed E-state index contributed by atoms with van der Waals surface area (Å²) in [5, 5.41) is 10.6. The van der Waals surface area contributed by atoms with E-state index in [1.54, 1.807) is 29.4 Å². The molecule has 2 heterocycles. The van der Waals surface area contributed by atoms with Crippen LogP contribution in [0.4, 0.5) is 14.5 Å². The van der Waals surface area contributed by atoms with Gasteiger partial charge in [0.05, 0.1) is 16.0 Å². The second kappa shape index (κ2) is 9.61. The van der Waals surface area contributed by atoms with Crippen molar-refractivity contribution in [1.82, 2.24) is 14.9 Å². The summed E-state index contributed by atoms with van der Waals surface area (Å²) >= 11 is 1.42. The van der Waals surface area contributed by atoms with Crippen molar-refractivity contribution < 1.29 is 18.7 Å². The number of nitrogens with one attached hydrogen (secondary N) is 1. The van der Waals surface area contributed by atoms with Crippen LogP contribution in [0.5, 0.6) is 0 Å². The first-order chi connectivity index (χ1) is 15.7. The van der Waals surface area contributed by atoms with E-state index in [2.05, 4.69) is 14.7 Å². The third kappa shape index (κ3) is 5.97. The Kier molecular flexibility index (Phi) is 6.81. The van der Waals surface area contributed by atoms with Crippen molar-refractivity contribution in [3.8, 4) is 0 Å². The Morgan fingerprint density at radius 1 is 1.15 bits per heavy atom. The van der Waals surface area contributed by atoms with Crippen molar-refractivity contribution in [2.75, 3.05) is 17.8 Å². The molecule has 2 N–H and O–H groups in total. The molecule has 33 heavy (non-hydrogen) atoms. The lowest BCUT2D eigenvalue weighted by Gasteiger charge is -2.38. The molecule has 1 saturated heterocycles. The lowest BCUT2D eigenvalue weighted by Crippen LogP contribution is -2.47. The lowest BCUT2D eigenvalue weighted by molar-refractivity contribution is -0.0570. The maximum Gasteiger partial charge on any atom is 0.253 e. The van der Waals surface area contributed by atoms with E-state index in [1.807, 2.05) is 30.3 Å². The van der Waals surface area contributed by atoms with Crippen LogP contribution in [-0.4, -0.2) is 50.5 Å². The van der Waals surface area contributed by atoms with Crippen molar-refractivity contribution in [2.45, 2.75) is 49.0 Å². The highest BCUT2D eigenvalue weighted by molar-refractivity contribution is 8.00. The maximum absolute atomic E-state index is 13.1. The molecule has 0 unspecified atom stereocenters. The van der Waals surface area contributed by atoms with E-state index in [0.717, 1.165) is 28.5 Å². The highest BCUT2D eigenvalue weighted by atomic mass is 32.2. The molecule has 0 bridgehead atoms. The Bertz CT molecular complexity index is 1110. The minimum Gasteiger partial charge on any atom is -0.390 e. The fourth-order valence-corrected chi connectivity index (χ4v) is 4.62. The van der Waals surface area contributed by atoms with Crippen LogP contribution in [-0.2, 0) is 0 Å². The van der Waals surface area contributed by atoms with Crippen molar-refractivity contribution in [2.24, 2.45) is 0 Å². The van der Waals surface area contributed by atoms with Crippen LogP contribution >= 0.6 is 11.9 Å². The average Bonchev–Trinajstić information content (AvgIpc) is 2.81. The first-order valence-electron chi connectivity index (χ1n) is 10.8. The van der Waals surface area contributed by atoms with E-state index in [4.69, 9.17) is 0 Å². The largest absolute Gasteiger partial charge is 0.390 e.